The molecule has 1 saturated heterocycles. The molecule has 0 aliphatic carbocycles. The molecule has 1 aliphatic rings. The van der Waals surface area contributed by atoms with E-state index >= 15 is 0 Å². The van der Waals surface area contributed by atoms with Gasteiger partial charge in [-0.1, -0.05) is 0 Å². The number of halogens is 1. The first kappa shape index (κ1) is 9.88. The molecule has 12 heavy (non-hydrogen) atoms. The van der Waals surface area contributed by atoms with Crippen LogP contribution in [0.2, 0.25) is 0 Å². The van der Waals surface area contributed by atoms with Crippen molar-refractivity contribution in [3.63, 3.8) is 0 Å². The van der Waals surface area contributed by atoms with E-state index in [-0.39, 0.29) is 6.04 Å². The van der Waals surface area contributed by atoms with Gasteiger partial charge in [0.05, 0.1) is 12.7 Å². The van der Waals surface area contributed by atoms with Crippen LogP contribution in [0.15, 0.2) is 0 Å². The van der Waals surface area contributed by atoms with Crippen molar-refractivity contribution in [3.05, 3.63) is 0 Å². The molecule has 0 radical (unpaired) electrons. The topological polar surface area (TPSA) is 55.4 Å². The van der Waals surface area contributed by atoms with Crippen molar-refractivity contribution in [2.24, 2.45) is 0 Å². The van der Waals surface area contributed by atoms with Crippen LogP contribution >= 0.6 is 0 Å². The Bertz CT molecular complexity index is 233. The van der Waals surface area contributed by atoms with Gasteiger partial charge in [0.1, 0.15) is 5.75 Å². The van der Waals surface area contributed by atoms with E-state index in [4.69, 9.17) is 4.74 Å². The van der Waals surface area contributed by atoms with Crippen molar-refractivity contribution in [3.8, 4) is 0 Å². The highest BCUT2D eigenvalue weighted by Crippen LogP contribution is 2.04. The fourth-order valence-corrected chi connectivity index (χ4v) is 1.72. The minimum atomic E-state index is -4.41. The first-order valence-corrected chi connectivity index (χ1v) is 5.30. The molecular weight excluding hydrogens is 185 g/mol. The van der Waals surface area contributed by atoms with E-state index in [1.165, 1.54) is 0 Å². The molecule has 1 aliphatic heterocycles. The molecule has 0 aromatic heterocycles. The Morgan fingerprint density at radius 2 is 2.33 bits per heavy atom. The monoisotopic (exact) mass is 197 g/mol. The average Bonchev–Trinajstić information content (AvgIpc) is 1.91. The van der Waals surface area contributed by atoms with Gasteiger partial charge in [0.2, 0.25) is 0 Å². The molecule has 2 atom stereocenters. The highest BCUT2D eigenvalue weighted by atomic mass is 32.3. The first-order valence-electron chi connectivity index (χ1n) is 3.75. The lowest BCUT2D eigenvalue weighted by Crippen LogP contribution is -2.46. The van der Waals surface area contributed by atoms with E-state index in [1.54, 1.807) is 0 Å². The smallest absolute Gasteiger partial charge is 0.305 e. The van der Waals surface area contributed by atoms with Crippen LogP contribution in [0, 0.1) is 0 Å². The van der Waals surface area contributed by atoms with Gasteiger partial charge in [0.25, 0.3) is 0 Å². The Labute approximate surface area is 71.3 Å². The van der Waals surface area contributed by atoms with E-state index in [9.17, 15) is 12.3 Å². The predicted molar refractivity (Wildman–Crippen MR) is 42.1 cm³/mol. The summed E-state index contributed by atoms with van der Waals surface area (Å²) in [6.07, 6.45) is -0.545. The highest BCUT2D eigenvalue weighted by molar-refractivity contribution is 7.86. The molecule has 72 valence electrons. The third-order valence-corrected chi connectivity index (χ3v) is 2.43. The summed E-state index contributed by atoms with van der Waals surface area (Å²) in [5.74, 6) is -0.549. The van der Waals surface area contributed by atoms with Gasteiger partial charge in [-0.05, 0) is 6.92 Å². The summed E-state index contributed by atoms with van der Waals surface area (Å²) in [6, 6.07) is 0.212. The van der Waals surface area contributed by atoms with Crippen LogP contribution in [-0.2, 0) is 15.0 Å². The molecule has 0 spiro atoms. The summed E-state index contributed by atoms with van der Waals surface area (Å²) in [7, 11) is -4.41. The van der Waals surface area contributed by atoms with Crippen LogP contribution in [-0.4, -0.2) is 39.5 Å². The van der Waals surface area contributed by atoms with Gasteiger partial charge in [0, 0.05) is 12.6 Å². The second kappa shape index (κ2) is 3.68. The Morgan fingerprint density at radius 1 is 1.67 bits per heavy atom. The minimum absolute atomic E-state index is 0.212. The molecule has 2 unspecified atom stereocenters. The van der Waals surface area contributed by atoms with Gasteiger partial charge in [-0.2, -0.15) is 8.42 Å². The molecule has 0 amide bonds. The van der Waals surface area contributed by atoms with E-state index in [0.717, 1.165) is 0 Å². The maximum atomic E-state index is 12.1. The van der Waals surface area contributed by atoms with Crippen molar-refractivity contribution in [1.82, 2.24) is 5.32 Å². The Hall–Kier alpha value is -0.200. The number of nitrogens with one attached hydrogen (secondary N) is 1. The number of ether oxygens (including phenoxy) is 1. The molecular formula is C6H12FNO3S. The molecule has 1 fully saturated rings. The largest absolute Gasteiger partial charge is 0.374 e. The zero-order valence-corrected chi connectivity index (χ0v) is 7.60. The predicted octanol–water partition coefficient (Wildman–Crippen LogP) is -0.337. The fraction of sp³-hybridized carbons (Fsp3) is 1.00. The van der Waals surface area contributed by atoms with Crippen molar-refractivity contribution in [2.75, 3.05) is 18.9 Å². The van der Waals surface area contributed by atoms with E-state index in [2.05, 4.69) is 5.32 Å². The first-order chi connectivity index (χ1) is 5.47. The van der Waals surface area contributed by atoms with Crippen LogP contribution < -0.4 is 5.32 Å². The number of hydrogen-bond donors (Lipinski definition) is 1. The SMILES string of the molecule is CC1COC(CS(=O)(=O)F)CN1. The maximum Gasteiger partial charge on any atom is 0.305 e. The molecule has 1 N–H and O–H groups in total. The lowest BCUT2D eigenvalue weighted by molar-refractivity contribution is 0.0211. The van der Waals surface area contributed by atoms with E-state index < -0.39 is 22.1 Å². The molecule has 6 heteroatoms. The van der Waals surface area contributed by atoms with Gasteiger partial charge in [-0.15, -0.1) is 3.89 Å². The maximum absolute atomic E-state index is 12.1. The van der Waals surface area contributed by atoms with Crippen LogP contribution in [0.5, 0.6) is 0 Å². The molecule has 0 bridgehead atoms. The normalized spacial score (nSPS) is 31.8. The van der Waals surface area contributed by atoms with E-state index in [1.807, 2.05) is 6.92 Å². The molecule has 0 aromatic carbocycles. The van der Waals surface area contributed by atoms with Gasteiger partial charge in [-0.3, -0.25) is 0 Å². The molecule has 1 heterocycles. The molecule has 4 nitrogen and oxygen atoms in total. The summed E-state index contributed by atoms with van der Waals surface area (Å²) < 4.78 is 37.6. The van der Waals surface area contributed by atoms with Gasteiger partial charge in [-0.25, -0.2) is 0 Å². The van der Waals surface area contributed by atoms with Crippen LogP contribution in [0.25, 0.3) is 0 Å². The highest BCUT2D eigenvalue weighted by Gasteiger charge is 2.23. The molecule has 0 aromatic rings. The molecule has 1 rings (SSSR count). The van der Waals surface area contributed by atoms with E-state index in [0.29, 0.717) is 13.2 Å². The summed E-state index contributed by atoms with van der Waals surface area (Å²) in [6.45, 7) is 2.74. The Kier molecular flexibility index (Phi) is 3.03. The lowest BCUT2D eigenvalue weighted by Gasteiger charge is -2.26. The lowest BCUT2D eigenvalue weighted by atomic mass is 10.2. The van der Waals surface area contributed by atoms with Gasteiger partial charge in [0.15, 0.2) is 0 Å². The second-order valence-corrected chi connectivity index (χ2v) is 4.38. The number of morpholine rings is 1. The average molecular weight is 197 g/mol. The number of hydrogen-bond acceptors (Lipinski definition) is 4. The van der Waals surface area contributed by atoms with Crippen molar-refractivity contribution >= 4 is 10.2 Å². The number of rotatable bonds is 2. The fourth-order valence-electron chi connectivity index (χ4n) is 1.06. The Balaban J connectivity index is 2.36. The van der Waals surface area contributed by atoms with Crippen LogP contribution in [0.4, 0.5) is 3.89 Å². The van der Waals surface area contributed by atoms with Crippen molar-refractivity contribution in [2.45, 2.75) is 19.1 Å². The Morgan fingerprint density at radius 3 is 2.75 bits per heavy atom. The van der Waals surface area contributed by atoms with Crippen LogP contribution in [0.1, 0.15) is 6.92 Å². The summed E-state index contributed by atoms with van der Waals surface area (Å²) in [4.78, 5) is 0. The van der Waals surface area contributed by atoms with Crippen LogP contribution in [0.3, 0.4) is 0 Å². The molecule has 0 saturated carbocycles. The second-order valence-electron chi connectivity index (χ2n) is 2.97. The quantitative estimate of drug-likeness (QED) is 0.615. The third-order valence-electron chi connectivity index (χ3n) is 1.66. The zero-order chi connectivity index (χ0) is 9.19. The van der Waals surface area contributed by atoms with Gasteiger partial charge < -0.3 is 10.1 Å². The zero-order valence-electron chi connectivity index (χ0n) is 6.79. The van der Waals surface area contributed by atoms with Crippen molar-refractivity contribution < 1.29 is 17.0 Å². The van der Waals surface area contributed by atoms with Crippen molar-refractivity contribution in [1.29, 1.82) is 0 Å². The summed E-state index contributed by atoms with van der Waals surface area (Å²) in [5, 5.41) is 3.00. The third kappa shape index (κ3) is 3.46. The standard InChI is InChI=1S/C6H12FNO3S/c1-5-3-11-6(2-8-5)4-12(7,9)10/h5-6,8H,2-4H2,1H3. The summed E-state index contributed by atoms with van der Waals surface area (Å²) >= 11 is 0. The minimum Gasteiger partial charge on any atom is -0.374 e. The summed E-state index contributed by atoms with van der Waals surface area (Å²) in [5.41, 5.74) is 0. The van der Waals surface area contributed by atoms with Gasteiger partial charge >= 0.3 is 10.2 Å².